The Morgan fingerprint density at radius 3 is 2.21 bits per heavy atom. The number of benzene rings is 1. The summed E-state index contributed by atoms with van der Waals surface area (Å²) in [6.07, 6.45) is 0. The second-order valence-corrected chi connectivity index (χ2v) is 4.30. The predicted octanol–water partition coefficient (Wildman–Crippen LogP) is 2.75. The number of aliphatic carboxylic acids is 1. The molecule has 1 rings (SSSR count). The number of nitrogens with zero attached hydrogens (tertiary/aromatic N) is 1. The average Bonchev–Trinajstić information content (AvgIpc) is 2.36. The molecule has 0 fully saturated rings. The van der Waals surface area contributed by atoms with Crippen LogP contribution in [-0.2, 0) is 4.79 Å². The molecule has 0 aromatic heterocycles. The molecule has 4 nitrogen and oxygen atoms in total. The smallest absolute Gasteiger partial charge is 0.387 e. The topological polar surface area (TPSA) is 49.8 Å². The van der Waals surface area contributed by atoms with Crippen LogP contribution in [0.4, 0.5) is 8.78 Å². The number of likely N-dealkylation sites (N-methyl/N-ethyl adjacent to an activating group) is 1. The third-order valence-electron chi connectivity index (χ3n) is 3.17. The van der Waals surface area contributed by atoms with Crippen LogP contribution in [-0.4, -0.2) is 35.7 Å². The fourth-order valence-electron chi connectivity index (χ4n) is 1.67. The van der Waals surface area contributed by atoms with Gasteiger partial charge < -0.3 is 9.84 Å². The van der Waals surface area contributed by atoms with Crippen molar-refractivity contribution in [3.05, 3.63) is 29.8 Å². The van der Waals surface area contributed by atoms with Gasteiger partial charge in [-0.1, -0.05) is 12.1 Å². The van der Waals surface area contributed by atoms with E-state index >= 15 is 0 Å². The molecular formula is C13H17F2NO3. The van der Waals surface area contributed by atoms with Crippen molar-refractivity contribution >= 4 is 5.97 Å². The molecule has 1 N–H and O–H groups in total. The summed E-state index contributed by atoms with van der Waals surface area (Å²) >= 11 is 0. The summed E-state index contributed by atoms with van der Waals surface area (Å²) in [4.78, 5) is 12.6. The van der Waals surface area contributed by atoms with Crippen LogP contribution < -0.4 is 4.74 Å². The molecule has 0 spiro atoms. The number of rotatable bonds is 6. The summed E-state index contributed by atoms with van der Waals surface area (Å²) in [5.41, 5.74) is 0.831. The SMILES string of the molecule is CC(C(=O)O)N(C)C(C)c1ccc(OC(F)F)cc1. The standard InChI is InChI=1S/C13H17F2NO3/c1-8(16(3)9(2)12(17)18)10-4-6-11(7-5-10)19-13(14)15/h4-9,13H,1-3H3,(H,17,18). The second-order valence-electron chi connectivity index (χ2n) is 4.30. The highest BCUT2D eigenvalue weighted by Crippen LogP contribution is 2.23. The number of carboxylic acids is 1. The van der Waals surface area contributed by atoms with Gasteiger partial charge in [-0.05, 0) is 38.6 Å². The van der Waals surface area contributed by atoms with Gasteiger partial charge in [0.1, 0.15) is 11.8 Å². The van der Waals surface area contributed by atoms with Crippen LogP contribution in [0.3, 0.4) is 0 Å². The highest BCUT2D eigenvalue weighted by Gasteiger charge is 2.22. The van der Waals surface area contributed by atoms with Crippen LogP contribution in [0.1, 0.15) is 25.5 Å². The minimum Gasteiger partial charge on any atom is -0.480 e. The quantitative estimate of drug-likeness (QED) is 0.865. The number of alkyl halides is 2. The van der Waals surface area contributed by atoms with E-state index in [1.165, 1.54) is 12.1 Å². The van der Waals surface area contributed by atoms with E-state index < -0.39 is 18.6 Å². The van der Waals surface area contributed by atoms with Crippen LogP contribution in [0, 0.1) is 0 Å². The monoisotopic (exact) mass is 273 g/mol. The Labute approximate surface area is 110 Å². The van der Waals surface area contributed by atoms with E-state index in [1.54, 1.807) is 31.0 Å². The van der Waals surface area contributed by atoms with Crippen molar-refractivity contribution in [3.8, 4) is 5.75 Å². The van der Waals surface area contributed by atoms with Crippen LogP contribution in [0.15, 0.2) is 24.3 Å². The van der Waals surface area contributed by atoms with Crippen LogP contribution in [0.2, 0.25) is 0 Å². The van der Waals surface area contributed by atoms with Crippen molar-refractivity contribution in [1.29, 1.82) is 0 Å². The summed E-state index contributed by atoms with van der Waals surface area (Å²) in [5.74, 6) is -0.827. The Morgan fingerprint density at radius 2 is 1.79 bits per heavy atom. The molecule has 2 atom stereocenters. The minimum absolute atomic E-state index is 0.0832. The van der Waals surface area contributed by atoms with Gasteiger partial charge >= 0.3 is 12.6 Å². The van der Waals surface area contributed by atoms with Crippen molar-refractivity contribution in [2.45, 2.75) is 32.5 Å². The summed E-state index contributed by atoms with van der Waals surface area (Å²) in [6.45, 7) is 0.591. The Morgan fingerprint density at radius 1 is 1.26 bits per heavy atom. The largest absolute Gasteiger partial charge is 0.480 e. The first-order valence-electron chi connectivity index (χ1n) is 5.82. The maximum Gasteiger partial charge on any atom is 0.387 e. The summed E-state index contributed by atoms with van der Waals surface area (Å²) in [6, 6.07) is 5.40. The van der Waals surface area contributed by atoms with Gasteiger partial charge in [0.2, 0.25) is 0 Å². The van der Waals surface area contributed by atoms with Gasteiger partial charge in [0, 0.05) is 6.04 Å². The Kier molecular flexibility index (Phi) is 5.23. The molecule has 0 radical (unpaired) electrons. The molecule has 1 aromatic rings. The molecule has 0 aliphatic rings. The molecule has 0 saturated heterocycles. The first-order chi connectivity index (χ1) is 8.82. The van der Waals surface area contributed by atoms with Crippen molar-refractivity contribution in [3.63, 3.8) is 0 Å². The zero-order valence-corrected chi connectivity index (χ0v) is 11.0. The van der Waals surface area contributed by atoms with Crippen LogP contribution in [0.5, 0.6) is 5.75 Å². The number of hydrogen-bond acceptors (Lipinski definition) is 3. The zero-order valence-electron chi connectivity index (χ0n) is 11.0. The van der Waals surface area contributed by atoms with Gasteiger partial charge in [0.25, 0.3) is 0 Å². The number of hydrogen-bond donors (Lipinski definition) is 1. The maximum atomic E-state index is 12.0. The molecule has 0 aliphatic heterocycles. The van der Waals surface area contributed by atoms with Crippen molar-refractivity contribution < 1.29 is 23.4 Å². The predicted molar refractivity (Wildman–Crippen MR) is 66.3 cm³/mol. The Balaban J connectivity index is 2.77. The summed E-state index contributed by atoms with van der Waals surface area (Å²) in [7, 11) is 1.70. The highest BCUT2D eigenvalue weighted by molar-refractivity contribution is 5.72. The van der Waals surface area contributed by atoms with E-state index in [0.29, 0.717) is 0 Å². The molecule has 6 heteroatoms. The lowest BCUT2D eigenvalue weighted by Gasteiger charge is -2.28. The minimum atomic E-state index is -2.85. The van der Waals surface area contributed by atoms with Gasteiger partial charge in [-0.15, -0.1) is 0 Å². The van der Waals surface area contributed by atoms with E-state index in [1.807, 2.05) is 6.92 Å². The zero-order chi connectivity index (χ0) is 14.6. The first-order valence-corrected chi connectivity index (χ1v) is 5.82. The fraction of sp³-hybridized carbons (Fsp3) is 0.462. The van der Waals surface area contributed by atoms with E-state index in [9.17, 15) is 13.6 Å². The molecule has 0 heterocycles. The molecule has 19 heavy (non-hydrogen) atoms. The lowest BCUT2D eigenvalue weighted by molar-refractivity contribution is -0.142. The lowest BCUT2D eigenvalue weighted by atomic mass is 10.1. The molecule has 2 unspecified atom stereocenters. The average molecular weight is 273 g/mol. The number of carboxylic acid groups (broad SMARTS) is 1. The second kappa shape index (κ2) is 6.47. The fourth-order valence-corrected chi connectivity index (χ4v) is 1.67. The molecule has 0 amide bonds. The van der Waals surface area contributed by atoms with E-state index in [0.717, 1.165) is 5.56 Å². The normalized spacial score (nSPS) is 14.5. The molecule has 0 aliphatic carbocycles. The third-order valence-corrected chi connectivity index (χ3v) is 3.17. The summed E-state index contributed by atoms with van der Waals surface area (Å²) in [5, 5.41) is 8.95. The number of halogens is 2. The molecule has 0 saturated carbocycles. The van der Waals surface area contributed by atoms with E-state index in [2.05, 4.69) is 4.74 Å². The molecule has 0 bridgehead atoms. The van der Waals surface area contributed by atoms with Crippen LogP contribution >= 0.6 is 0 Å². The highest BCUT2D eigenvalue weighted by atomic mass is 19.3. The van der Waals surface area contributed by atoms with Gasteiger partial charge in [0.05, 0.1) is 0 Å². The Bertz CT molecular complexity index is 422. The van der Waals surface area contributed by atoms with Gasteiger partial charge in [-0.25, -0.2) is 0 Å². The van der Waals surface area contributed by atoms with Gasteiger partial charge in [-0.2, -0.15) is 8.78 Å². The summed E-state index contributed by atoms with van der Waals surface area (Å²) < 4.78 is 28.3. The van der Waals surface area contributed by atoms with Crippen molar-refractivity contribution in [2.75, 3.05) is 7.05 Å². The molecule has 1 aromatic carbocycles. The van der Waals surface area contributed by atoms with Gasteiger partial charge in [0.15, 0.2) is 0 Å². The maximum absolute atomic E-state index is 12.0. The number of ether oxygens (including phenoxy) is 1. The van der Waals surface area contributed by atoms with E-state index in [4.69, 9.17) is 5.11 Å². The molecule has 106 valence electrons. The van der Waals surface area contributed by atoms with Crippen molar-refractivity contribution in [2.24, 2.45) is 0 Å². The number of carbonyl (C=O) groups is 1. The van der Waals surface area contributed by atoms with E-state index in [-0.39, 0.29) is 11.8 Å². The van der Waals surface area contributed by atoms with Crippen LogP contribution in [0.25, 0.3) is 0 Å². The Hall–Kier alpha value is -1.69. The first kappa shape index (κ1) is 15.4. The lowest BCUT2D eigenvalue weighted by Crippen LogP contribution is -2.37. The third kappa shape index (κ3) is 4.17. The van der Waals surface area contributed by atoms with Gasteiger partial charge in [-0.3, -0.25) is 9.69 Å². The molecular weight excluding hydrogens is 256 g/mol. The van der Waals surface area contributed by atoms with Crippen molar-refractivity contribution in [1.82, 2.24) is 4.90 Å².